The van der Waals surface area contributed by atoms with E-state index in [0.717, 1.165) is 23.6 Å². The van der Waals surface area contributed by atoms with Crippen LogP contribution in [0.4, 0.5) is 0 Å². The fourth-order valence-electron chi connectivity index (χ4n) is 4.56. The normalized spacial score (nSPS) is 16.2. The molecule has 1 atom stereocenters. The van der Waals surface area contributed by atoms with E-state index in [2.05, 4.69) is 9.97 Å². The summed E-state index contributed by atoms with van der Waals surface area (Å²) in [4.78, 5) is 7.57. The van der Waals surface area contributed by atoms with Crippen molar-refractivity contribution in [2.75, 3.05) is 5.75 Å². The number of rotatable bonds is 7. The van der Waals surface area contributed by atoms with Crippen LogP contribution < -0.4 is 4.74 Å². The van der Waals surface area contributed by atoms with E-state index in [4.69, 9.17) is 4.74 Å². The number of fused-ring (bicyclic) bond motifs is 2. The van der Waals surface area contributed by atoms with Crippen LogP contribution in [0.25, 0.3) is 21.9 Å². The van der Waals surface area contributed by atoms with Crippen LogP contribution in [0.2, 0.25) is 0 Å². The predicted octanol–water partition coefficient (Wildman–Crippen LogP) is 4.51. The van der Waals surface area contributed by atoms with Crippen molar-refractivity contribution in [2.24, 2.45) is 0 Å². The molecule has 1 unspecified atom stereocenters. The van der Waals surface area contributed by atoms with Crippen molar-refractivity contribution in [3.05, 3.63) is 60.0 Å². The van der Waals surface area contributed by atoms with Crippen LogP contribution in [-0.2, 0) is 10.0 Å². The average Bonchev–Trinajstić information content (AvgIpc) is 3.52. The molecule has 5 rings (SSSR count). The van der Waals surface area contributed by atoms with E-state index in [9.17, 15) is 13.5 Å². The zero-order valence-corrected chi connectivity index (χ0v) is 18.8. The van der Waals surface area contributed by atoms with Crippen molar-refractivity contribution in [2.45, 2.75) is 51.2 Å². The number of aromatic nitrogens is 3. The number of hydrogen-bond donors (Lipinski definition) is 2. The highest BCUT2D eigenvalue weighted by Crippen LogP contribution is 2.33. The fourth-order valence-corrected chi connectivity index (χ4v) is 5.98. The van der Waals surface area contributed by atoms with E-state index in [1.54, 1.807) is 30.7 Å². The van der Waals surface area contributed by atoms with Crippen LogP contribution in [0, 0.1) is 0 Å². The summed E-state index contributed by atoms with van der Waals surface area (Å²) < 4.78 is 32.7. The molecule has 7 nitrogen and oxygen atoms in total. The molecule has 1 saturated carbocycles. The Balaban J connectivity index is 1.51. The van der Waals surface area contributed by atoms with Gasteiger partial charge in [-0.25, -0.2) is 17.4 Å². The molecule has 0 amide bonds. The molecule has 32 heavy (non-hydrogen) atoms. The average molecular weight is 454 g/mol. The minimum atomic E-state index is -3.44. The molecular weight excluding hydrogens is 426 g/mol. The molecule has 0 radical (unpaired) electrons. The Hall–Kier alpha value is -2.84. The third-order valence-corrected chi connectivity index (χ3v) is 8.04. The van der Waals surface area contributed by atoms with Crippen molar-refractivity contribution in [1.82, 2.24) is 13.9 Å². The summed E-state index contributed by atoms with van der Waals surface area (Å²) >= 11 is 0. The van der Waals surface area contributed by atoms with Crippen LogP contribution in [0.15, 0.2) is 48.9 Å². The minimum absolute atomic E-state index is 0.0709. The SMILES string of the molecule is CCCS(=O)(=O)n1ccc2ccc(C(O)c3c[nH]c4ncc(OC5CCCC5)cc34)cc21. The van der Waals surface area contributed by atoms with Crippen molar-refractivity contribution < 1.29 is 18.3 Å². The lowest BCUT2D eigenvalue weighted by atomic mass is 10.0. The molecule has 8 heteroatoms. The lowest BCUT2D eigenvalue weighted by molar-refractivity contribution is 0.209. The molecule has 168 valence electrons. The summed E-state index contributed by atoms with van der Waals surface area (Å²) in [5, 5.41) is 12.8. The number of ether oxygens (including phenoxy) is 1. The Morgan fingerprint density at radius 3 is 2.84 bits per heavy atom. The second kappa shape index (κ2) is 8.26. The molecule has 0 bridgehead atoms. The number of nitrogens with one attached hydrogen (secondary N) is 1. The van der Waals surface area contributed by atoms with Gasteiger partial charge in [-0.15, -0.1) is 0 Å². The Labute approximate surface area is 187 Å². The highest BCUT2D eigenvalue weighted by atomic mass is 32.2. The molecule has 1 aliphatic carbocycles. The second-order valence-electron chi connectivity index (χ2n) is 8.48. The number of aliphatic hydroxyl groups excluding tert-OH is 1. The summed E-state index contributed by atoms with van der Waals surface area (Å²) in [6, 6.07) is 9.12. The van der Waals surface area contributed by atoms with E-state index in [-0.39, 0.29) is 11.9 Å². The zero-order chi connectivity index (χ0) is 22.3. The van der Waals surface area contributed by atoms with Gasteiger partial charge in [0.2, 0.25) is 10.0 Å². The predicted molar refractivity (Wildman–Crippen MR) is 124 cm³/mol. The number of H-pyrrole nitrogens is 1. The Morgan fingerprint density at radius 2 is 2.06 bits per heavy atom. The first-order chi connectivity index (χ1) is 15.5. The first-order valence-electron chi connectivity index (χ1n) is 11.1. The van der Waals surface area contributed by atoms with Gasteiger partial charge in [-0.1, -0.05) is 19.1 Å². The van der Waals surface area contributed by atoms with Crippen LogP contribution in [0.5, 0.6) is 5.75 Å². The van der Waals surface area contributed by atoms with Gasteiger partial charge in [-0.2, -0.15) is 0 Å². The molecule has 0 saturated heterocycles. The number of benzene rings is 1. The second-order valence-corrected chi connectivity index (χ2v) is 10.4. The van der Waals surface area contributed by atoms with E-state index >= 15 is 0 Å². The molecule has 4 aromatic rings. The van der Waals surface area contributed by atoms with Gasteiger partial charge in [0, 0.05) is 28.7 Å². The minimum Gasteiger partial charge on any atom is -0.489 e. The Bertz CT molecular complexity index is 1370. The Morgan fingerprint density at radius 1 is 1.25 bits per heavy atom. The maximum atomic E-state index is 12.6. The van der Waals surface area contributed by atoms with Crippen molar-refractivity contribution in [1.29, 1.82) is 0 Å². The van der Waals surface area contributed by atoms with E-state index in [0.29, 0.717) is 34.5 Å². The molecule has 1 fully saturated rings. The number of aromatic amines is 1. The zero-order valence-electron chi connectivity index (χ0n) is 18.0. The fraction of sp³-hybridized carbons (Fsp3) is 0.375. The van der Waals surface area contributed by atoms with Crippen molar-refractivity contribution in [3.63, 3.8) is 0 Å². The van der Waals surface area contributed by atoms with E-state index in [1.165, 1.54) is 16.8 Å². The summed E-state index contributed by atoms with van der Waals surface area (Å²) in [6.07, 6.45) is 9.35. The van der Waals surface area contributed by atoms with Crippen LogP contribution in [0.1, 0.15) is 56.3 Å². The van der Waals surface area contributed by atoms with Crippen LogP contribution in [0.3, 0.4) is 0 Å². The van der Waals surface area contributed by atoms with Gasteiger partial charge in [0.15, 0.2) is 0 Å². The highest BCUT2D eigenvalue weighted by Gasteiger charge is 2.21. The summed E-state index contributed by atoms with van der Waals surface area (Å²) in [6.45, 7) is 1.84. The van der Waals surface area contributed by atoms with Crippen LogP contribution in [-0.4, -0.2) is 39.3 Å². The van der Waals surface area contributed by atoms with E-state index in [1.807, 2.05) is 25.1 Å². The molecule has 2 N–H and O–H groups in total. The molecule has 0 spiro atoms. The molecular formula is C24H27N3O4S. The third kappa shape index (κ3) is 3.78. The van der Waals surface area contributed by atoms with Gasteiger partial charge in [0.25, 0.3) is 0 Å². The number of aliphatic hydroxyl groups is 1. The smallest absolute Gasteiger partial charge is 0.238 e. The number of pyridine rings is 1. The molecule has 3 aromatic heterocycles. The lowest BCUT2D eigenvalue weighted by Gasteiger charge is -2.14. The first-order valence-corrected chi connectivity index (χ1v) is 12.7. The van der Waals surface area contributed by atoms with E-state index < -0.39 is 16.1 Å². The monoisotopic (exact) mass is 453 g/mol. The Kier molecular flexibility index (Phi) is 5.43. The quantitative estimate of drug-likeness (QED) is 0.429. The summed E-state index contributed by atoms with van der Waals surface area (Å²) in [5.41, 5.74) is 2.54. The van der Waals surface area contributed by atoms with Gasteiger partial charge in [-0.3, -0.25) is 0 Å². The summed E-state index contributed by atoms with van der Waals surface area (Å²) in [7, 11) is -3.44. The van der Waals surface area contributed by atoms with Gasteiger partial charge in [-0.05, 0) is 55.9 Å². The number of hydrogen-bond acceptors (Lipinski definition) is 5. The highest BCUT2D eigenvalue weighted by molar-refractivity contribution is 7.90. The van der Waals surface area contributed by atoms with Crippen LogP contribution >= 0.6 is 0 Å². The van der Waals surface area contributed by atoms with Gasteiger partial charge in [0.05, 0.1) is 23.6 Å². The van der Waals surface area contributed by atoms with Gasteiger partial charge < -0.3 is 14.8 Å². The molecule has 1 aliphatic rings. The third-order valence-electron chi connectivity index (χ3n) is 6.20. The lowest BCUT2D eigenvalue weighted by Crippen LogP contribution is -2.15. The maximum Gasteiger partial charge on any atom is 0.238 e. The largest absolute Gasteiger partial charge is 0.489 e. The molecule has 0 aliphatic heterocycles. The molecule has 1 aromatic carbocycles. The van der Waals surface area contributed by atoms with Crippen molar-refractivity contribution in [3.8, 4) is 5.75 Å². The maximum absolute atomic E-state index is 12.6. The van der Waals surface area contributed by atoms with Gasteiger partial charge in [0.1, 0.15) is 17.5 Å². The summed E-state index contributed by atoms with van der Waals surface area (Å²) in [5.74, 6) is 0.772. The number of nitrogens with zero attached hydrogens (tertiary/aromatic N) is 2. The van der Waals surface area contributed by atoms with Gasteiger partial charge >= 0.3 is 0 Å². The molecule has 3 heterocycles. The topological polar surface area (TPSA) is 97.2 Å². The standard InChI is InChI=1S/C24H27N3O4S/c1-2-11-32(29,30)27-10-9-16-7-8-17(12-22(16)27)23(28)21-15-26-24-20(21)13-19(14-25-24)31-18-5-3-4-6-18/h7-10,12-15,18,23,28H,2-6,11H2,1H3,(H,25,26). The van der Waals surface area contributed by atoms with Crippen molar-refractivity contribution >= 4 is 32.0 Å². The first kappa shape index (κ1) is 21.0.